The second-order valence-corrected chi connectivity index (χ2v) is 7.63. The van der Waals surface area contributed by atoms with Crippen LogP contribution >= 0.6 is 23.1 Å². The molecule has 0 radical (unpaired) electrons. The number of aliphatic carboxylic acids is 1. The number of thioether (sulfide) groups is 1. The Hall–Kier alpha value is -2.29. The van der Waals surface area contributed by atoms with E-state index in [1.54, 1.807) is 6.07 Å². The minimum Gasteiger partial charge on any atom is -0.475 e. The highest BCUT2D eigenvalue weighted by Crippen LogP contribution is 2.19. The standard InChI is InChI=1S/C14H17F3N2O3S2.C2HF3O2/c15-14(16,17)11(20)8-23-4-1-2-10(13(18)22)19-12(21)6-9-3-5-24-7-9;3-2(4,5)1(6)7/h3,5,7,10H,1-2,4,6,8H2,(H2,18,22)(H,19,21);(H,6,7)/t10-;/m0./s1. The van der Waals surface area contributed by atoms with Crippen molar-refractivity contribution >= 4 is 46.7 Å². The van der Waals surface area contributed by atoms with Crippen molar-refractivity contribution < 1.29 is 50.6 Å². The smallest absolute Gasteiger partial charge is 0.475 e. The van der Waals surface area contributed by atoms with Gasteiger partial charge in [0.15, 0.2) is 0 Å². The molecule has 2 amide bonds. The van der Waals surface area contributed by atoms with Gasteiger partial charge in [0, 0.05) is 0 Å². The minimum atomic E-state index is -5.08. The molecule has 0 aliphatic carbocycles. The van der Waals surface area contributed by atoms with Crippen LogP contribution in [0.3, 0.4) is 0 Å². The average molecular weight is 496 g/mol. The van der Waals surface area contributed by atoms with E-state index in [0.29, 0.717) is 6.42 Å². The zero-order valence-electron chi connectivity index (χ0n) is 15.6. The second-order valence-electron chi connectivity index (χ2n) is 5.75. The number of primary amides is 1. The summed E-state index contributed by atoms with van der Waals surface area (Å²) < 4.78 is 67.8. The average Bonchev–Trinajstić information content (AvgIpc) is 3.11. The normalized spacial score (nSPS) is 12.3. The van der Waals surface area contributed by atoms with Crippen LogP contribution in [0.25, 0.3) is 0 Å². The molecule has 1 atom stereocenters. The molecule has 0 bridgehead atoms. The fourth-order valence-electron chi connectivity index (χ4n) is 1.75. The number of rotatable bonds is 10. The van der Waals surface area contributed by atoms with Gasteiger partial charge in [0.1, 0.15) is 6.04 Å². The first-order chi connectivity index (χ1) is 14.1. The highest BCUT2D eigenvalue weighted by molar-refractivity contribution is 7.99. The van der Waals surface area contributed by atoms with Gasteiger partial charge in [-0.2, -0.15) is 49.4 Å². The van der Waals surface area contributed by atoms with Gasteiger partial charge in [-0.1, -0.05) is 0 Å². The largest absolute Gasteiger partial charge is 0.490 e. The summed E-state index contributed by atoms with van der Waals surface area (Å²) in [6.45, 7) is 0. The summed E-state index contributed by atoms with van der Waals surface area (Å²) in [6.07, 6.45) is -9.22. The van der Waals surface area contributed by atoms with Gasteiger partial charge in [0.25, 0.3) is 0 Å². The molecule has 0 aliphatic heterocycles. The molecule has 0 fully saturated rings. The van der Waals surface area contributed by atoms with Crippen LogP contribution in [0.2, 0.25) is 0 Å². The fourth-order valence-corrected chi connectivity index (χ4v) is 3.28. The first-order valence-electron chi connectivity index (χ1n) is 8.22. The van der Waals surface area contributed by atoms with Crippen LogP contribution < -0.4 is 11.1 Å². The number of nitrogens with two attached hydrogens (primary N) is 1. The van der Waals surface area contributed by atoms with Crippen molar-refractivity contribution in [2.75, 3.05) is 11.5 Å². The lowest BCUT2D eigenvalue weighted by molar-refractivity contribution is -0.192. The van der Waals surface area contributed by atoms with Gasteiger partial charge >= 0.3 is 18.3 Å². The zero-order chi connectivity index (χ0) is 24.2. The molecule has 0 aromatic carbocycles. The first kappa shape index (κ1) is 28.7. The number of carbonyl (C=O) groups is 4. The van der Waals surface area contributed by atoms with Gasteiger partial charge < -0.3 is 16.2 Å². The summed E-state index contributed by atoms with van der Waals surface area (Å²) >= 11 is 2.28. The Morgan fingerprint density at radius 2 is 1.71 bits per heavy atom. The van der Waals surface area contributed by atoms with Crippen LogP contribution in [0.15, 0.2) is 16.8 Å². The number of nitrogens with one attached hydrogen (secondary N) is 1. The quantitative estimate of drug-likeness (QED) is 0.338. The van der Waals surface area contributed by atoms with E-state index in [0.717, 1.165) is 17.3 Å². The second kappa shape index (κ2) is 13.2. The van der Waals surface area contributed by atoms with Crippen molar-refractivity contribution in [3.8, 4) is 0 Å². The van der Waals surface area contributed by atoms with E-state index in [4.69, 9.17) is 15.6 Å². The summed E-state index contributed by atoms with van der Waals surface area (Å²) in [6, 6.07) is 0.910. The van der Waals surface area contributed by atoms with Crippen molar-refractivity contribution in [2.24, 2.45) is 5.73 Å². The van der Waals surface area contributed by atoms with Crippen molar-refractivity contribution in [2.45, 2.75) is 37.7 Å². The number of ketones is 1. The molecule has 1 rings (SSSR count). The number of carboxylic acid groups (broad SMARTS) is 1. The summed E-state index contributed by atoms with van der Waals surface area (Å²) in [5, 5.41) is 13.3. The van der Waals surface area contributed by atoms with E-state index in [-0.39, 0.29) is 24.5 Å². The Morgan fingerprint density at radius 3 is 2.13 bits per heavy atom. The van der Waals surface area contributed by atoms with Crippen molar-refractivity contribution in [1.82, 2.24) is 5.32 Å². The Morgan fingerprint density at radius 1 is 1.13 bits per heavy atom. The molecular weight excluding hydrogens is 478 g/mol. The van der Waals surface area contributed by atoms with Gasteiger partial charge in [-0.15, -0.1) is 0 Å². The number of alkyl halides is 6. The highest BCUT2D eigenvalue weighted by atomic mass is 32.2. The SMILES string of the molecule is NC(=O)[C@H](CCCSCC(=O)C(F)(F)F)NC(=O)Cc1ccsc1.O=C(O)C(F)(F)F. The minimum absolute atomic E-state index is 0.127. The molecule has 1 heterocycles. The van der Waals surface area contributed by atoms with Crippen LogP contribution in [-0.2, 0) is 25.6 Å². The molecule has 0 saturated heterocycles. The Labute approximate surface area is 180 Å². The van der Waals surface area contributed by atoms with Gasteiger partial charge in [-0.25, -0.2) is 4.79 Å². The van der Waals surface area contributed by atoms with Crippen molar-refractivity contribution in [1.29, 1.82) is 0 Å². The van der Waals surface area contributed by atoms with Crippen LogP contribution in [0.5, 0.6) is 0 Å². The number of hydrogen-bond donors (Lipinski definition) is 3. The lowest BCUT2D eigenvalue weighted by atomic mass is 10.1. The van der Waals surface area contributed by atoms with Gasteiger partial charge in [0.2, 0.25) is 17.6 Å². The third kappa shape index (κ3) is 13.6. The Kier molecular flexibility index (Phi) is 12.2. The maximum Gasteiger partial charge on any atom is 0.490 e. The predicted octanol–water partition coefficient (Wildman–Crippen LogP) is 2.54. The zero-order valence-corrected chi connectivity index (χ0v) is 17.2. The molecule has 7 nitrogen and oxygen atoms in total. The van der Waals surface area contributed by atoms with E-state index in [1.165, 1.54) is 11.3 Å². The van der Waals surface area contributed by atoms with Crippen LogP contribution in [0, 0.1) is 0 Å². The maximum atomic E-state index is 12.0. The highest BCUT2D eigenvalue weighted by Gasteiger charge is 2.38. The summed E-state index contributed by atoms with van der Waals surface area (Å²) in [5.74, 6) is -6.00. The third-order valence-electron chi connectivity index (χ3n) is 3.20. The molecule has 15 heteroatoms. The lowest BCUT2D eigenvalue weighted by Gasteiger charge is -2.15. The van der Waals surface area contributed by atoms with E-state index in [9.17, 15) is 40.7 Å². The summed E-state index contributed by atoms with van der Waals surface area (Å²) in [5.41, 5.74) is 6.04. The van der Waals surface area contributed by atoms with E-state index in [1.807, 2.05) is 10.8 Å². The number of carboxylic acids is 1. The topological polar surface area (TPSA) is 127 Å². The Balaban J connectivity index is 0.00000110. The van der Waals surface area contributed by atoms with Gasteiger partial charge in [-0.05, 0) is 41.0 Å². The molecule has 31 heavy (non-hydrogen) atoms. The molecule has 1 aromatic rings. The number of amides is 2. The van der Waals surface area contributed by atoms with Crippen LogP contribution in [0.1, 0.15) is 18.4 Å². The van der Waals surface area contributed by atoms with Crippen LogP contribution in [0.4, 0.5) is 26.3 Å². The van der Waals surface area contributed by atoms with Gasteiger partial charge in [-0.3, -0.25) is 14.4 Å². The summed E-state index contributed by atoms with van der Waals surface area (Å²) in [4.78, 5) is 42.8. The summed E-state index contributed by atoms with van der Waals surface area (Å²) in [7, 11) is 0. The molecule has 0 spiro atoms. The monoisotopic (exact) mass is 496 g/mol. The van der Waals surface area contributed by atoms with Gasteiger partial charge in [0.05, 0.1) is 12.2 Å². The van der Waals surface area contributed by atoms with Crippen molar-refractivity contribution in [3.05, 3.63) is 22.4 Å². The molecule has 1 aromatic heterocycles. The predicted molar refractivity (Wildman–Crippen MR) is 100 cm³/mol. The van der Waals surface area contributed by atoms with Crippen LogP contribution in [-0.4, -0.2) is 58.6 Å². The third-order valence-corrected chi connectivity index (χ3v) is 4.97. The number of halogens is 6. The molecule has 0 unspecified atom stereocenters. The van der Waals surface area contributed by atoms with Crippen molar-refractivity contribution in [3.63, 3.8) is 0 Å². The number of hydrogen-bond acceptors (Lipinski definition) is 6. The first-order valence-corrected chi connectivity index (χ1v) is 10.3. The number of thiophene rings is 1. The van der Waals surface area contributed by atoms with E-state index >= 15 is 0 Å². The maximum absolute atomic E-state index is 12.0. The number of Topliss-reactive ketones (excluding diaryl/α,β-unsaturated/α-hetero) is 1. The molecule has 0 saturated carbocycles. The van der Waals surface area contributed by atoms with E-state index < -0.39 is 41.8 Å². The molecular formula is C16H18F6N2O5S2. The van der Waals surface area contributed by atoms with E-state index in [2.05, 4.69) is 5.32 Å². The fraction of sp³-hybridized carbons (Fsp3) is 0.500. The number of carbonyl (C=O) groups excluding carboxylic acids is 3. The Bertz CT molecular complexity index is 738. The molecule has 176 valence electrons. The molecule has 0 aliphatic rings. The molecule has 4 N–H and O–H groups in total. The lowest BCUT2D eigenvalue weighted by Crippen LogP contribution is -2.45.